The predicted octanol–water partition coefficient (Wildman–Crippen LogP) is 4.16. The lowest BCUT2D eigenvalue weighted by molar-refractivity contribution is 0.0665. The van der Waals surface area contributed by atoms with Crippen LogP contribution in [0.1, 0.15) is 16.1 Å². The maximum Gasteiger partial charge on any atom is 0.371 e. The van der Waals surface area contributed by atoms with Crippen LogP contribution in [0.2, 0.25) is 10.0 Å². The molecule has 0 amide bonds. The number of carboxylic acids is 1. The van der Waals surface area contributed by atoms with Crippen molar-refractivity contribution in [2.75, 3.05) is 24.5 Å². The van der Waals surface area contributed by atoms with E-state index >= 15 is 0 Å². The molecule has 3 N–H and O–H groups in total. The van der Waals surface area contributed by atoms with Gasteiger partial charge in [0.15, 0.2) is 0 Å². The quantitative estimate of drug-likeness (QED) is 0.587. The van der Waals surface area contributed by atoms with Crippen LogP contribution >= 0.6 is 23.2 Å². The number of nitrogens with one attached hydrogen (secondary N) is 1. The van der Waals surface area contributed by atoms with Crippen molar-refractivity contribution in [2.24, 2.45) is 0 Å². The minimum absolute atomic E-state index is 0.130. The van der Waals surface area contributed by atoms with Crippen molar-refractivity contribution in [3.63, 3.8) is 0 Å². The van der Waals surface area contributed by atoms with Crippen molar-refractivity contribution in [2.45, 2.75) is 12.5 Å². The zero-order valence-electron chi connectivity index (χ0n) is 14.8. The summed E-state index contributed by atoms with van der Waals surface area (Å²) >= 11 is 12.8. The van der Waals surface area contributed by atoms with Gasteiger partial charge in [0.05, 0.1) is 10.7 Å². The lowest BCUT2D eigenvalue weighted by Gasteiger charge is -2.36. The van der Waals surface area contributed by atoms with Gasteiger partial charge in [0.1, 0.15) is 11.3 Å². The Morgan fingerprint density at radius 3 is 2.82 bits per heavy atom. The molecule has 8 heteroatoms. The number of nitrogens with zero attached hydrogens (tertiary/aromatic N) is 1. The maximum atomic E-state index is 11.2. The van der Waals surface area contributed by atoms with Crippen LogP contribution in [0.3, 0.4) is 0 Å². The molecule has 4 rings (SSSR count). The largest absolute Gasteiger partial charge is 0.508 e. The van der Waals surface area contributed by atoms with Crippen LogP contribution in [-0.2, 0) is 6.42 Å². The second-order valence-electron chi connectivity index (χ2n) is 6.80. The van der Waals surface area contributed by atoms with Gasteiger partial charge >= 0.3 is 5.97 Å². The minimum atomic E-state index is -1.12. The Morgan fingerprint density at radius 1 is 1.25 bits per heavy atom. The number of halogens is 2. The molecule has 1 aromatic heterocycles. The van der Waals surface area contributed by atoms with Crippen molar-refractivity contribution >= 4 is 45.8 Å². The number of carbonyl (C=O) groups is 1. The smallest absolute Gasteiger partial charge is 0.371 e. The van der Waals surface area contributed by atoms with Crippen LogP contribution in [0.4, 0.5) is 5.69 Å². The molecule has 28 heavy (non-hydrogen) atoms. The zero-order valence-corrected chi connectivity index (χ0v) is 16.3. The molecule has 1 aliphatic heterocycles. The average Bonchev–Trinajstić information content (AvgIpc) is 3.10. The van der Waals surface area contributed by atoms with Crippen molar-refractivity contribution in [1.82, 2.24) is 5.32 Å². The van der Waals surface area contributed by atoms with Crippen LogP contribution in [0.25, 0.3) is 11.0 Å². The lowest BCUT2D eigenvalue weighted by atomic mass is 10.0. The minimum Gasteiger partial charge on any atom is -0.508 e. The van der Waals surface area contributed by atoms with Gasteiger partial charge in [-0.25, -0.2) is 4.79 Å². The average molecular weight is 421 g/mol. The summed E-state index contributed by atoms with van der Waals surface area (Å²) in [7, 11) is 0. The summed E-state index contributed by atoms with van der Waals surface area (Å²) in [5.41, 5.74) is 2.25. The van der Waals surface area contributed by atoms with Crippen LogP contribution in [0.15, 0.2) is 40.8 Å². The first kappa shape index (κ1) is 18.9. The van der Waals surface area contributed by atoms with Crippen LogP contribution in [-0.4, -0.2) is 41.9 Å². The molecule has 1 unspecified atom stereocenters. The number of piperazine rings is 1. The number of carboxylic acid groups (broad SMARTS) is 1. The van der Waals surface area contributed by atoms with E-state index in [1.807, 2.05) is 12.1 Å². The molecule has 0 bridgehead atoms. The Bertz CT molecular complexity index is 1050. The molecule has 0 saturated carbocycles. The molecule has 2 aromatic carbocycles. The van der Waals surface area contributed by atoms with Gasteiger partial charge in [0.25, 0.3) is 0 Å². The first-order valence-corrected chi connectivity index (χ1v) is 9.59. The number of fused-ring (bicyclic) bond motifs is 1. The number of phenols is 1. The molecule has 1 aliphatic rings. The molecule has 0 spiro atoms. The van der Waals surface area contributed by atoms with Gasteiger partial charge in [-0.3, -0.25) is 0 Å². The number of hydrogen-bond donors (Lipinski definition) is 3. The van der Waals surface area contributed by atoms with Gasteiger partial charge in [-0.2, -0.15) is 0 Å². The third-order valence-corrected chi connectivity index (χ3v) is 5.67. The molecule has 146 valence electrons. The summed E-state index contributed by atoms with van der Waals surface area (Å²) in [4.78, 5) is 13.3. The molecule has 1 saturated heterocycles. The molecule has 1 fully saturated rings. The molecule has 3 aromatic rings. The number of rotatable bonds is 4. The fourth-order valence-corrected chi connectivity index (χ4v) is 4.15. The number of furan rings is 1. The highest BCUT2D eigenvalue weighted by molar-refractivity contribution is 6.38. The normalized spacial score (nSPS) is 17.2. The van der Waals surface area contributed by atoms with Gasteiger partial charge < -0.3 is 24.8 Å². The zero-order chi connectivity index (χ0) is 19.8. The van der Waals surface area contributed by atoms with E-state index in [-0.39, 0.29) is 17.6 Å². The molecular weight excluding hydrogens is 403 g/mol. The molecule has 2 heterocycles. The Balaban J connectivity index is 1.57. The van der Waals surface area contributed by atoms with Crippen molar-refractivity contribution in [1.29, 1.82) is 0 Å². The van der Waals surface area contributed by atoms with E-state index in [0.29, 0.717) is 34.0 Å². The van der Waals surface area contributed by atoms with Crippen molar-refractivity contribution in [3.8, 4) is 5.75 Å². The summed E-state index contributed by atoms with van der Waals surface area (Å²) in [6, 6.07) is 10.2. The van der Waals surface area contributed by atoms with Crippen LogP contribution < -0.4 is 10.2 Å². The summed E-state index contributed by atoms with van der Waals surface area (Å²) in [5.74, 6) is -1.11. The first-order chi connectivity index (χ1) is 13.4. The van der Waals surface area contributed by atoms with Gasteiger partial charge in [-0.15, -0.1) is 0 Å². The summed E-state index contributed by atoms with van der Waals surface area (Å²) < 4.78 is 5.33. The fourth-order valence-electron chi connectivity index (χ4n) is 3.56. The maximum absolute atomic E-state index is 11.2. The summed E-state index contributed by atoms with van der Waals surface area (Å²) in [5, 5.41) is 23.7. The first-order valence-electron chi connectivity index (χ1n) is 8.83. The van der Waals surface area contributed by atoms with E-state index in [9.17, 15) is 9.90 Å². The highest BCUT2D eigenvalue weighted by Crippen LogP contribution is 2.36. The van der Waals surface area contributed by atoms with E-state index < -0.39 is 5.97 Å². The number of phenolic OH excluding ortho intramolecular Hbond substituents is 1. The number of aromatic carboxylic acids is 1. The van der Waals surface area contributed by atoms with Gasteiger partial charge in [-0.05, 0) is 36.2 Å². The molecule has 0 radical (unpaired) electrons. The van der Waals surface area contributed by atoms with E-state index in [4.69, 9.17) is 32.7 Å². The molecule has 6 nitrogen and oxygen atoms in total. The van der Waals surface area contributed by atoms with Gasteiger partial charge in [0, 0.05) is 42.2 Å². The van der Waals surface area contributed by atoms with E-state index in [1.165, 1.54) is 6.07 Å². The third kappa shape index (κ3) is 3.63. The molecular formula is C20H18Cl2N2O4. The Labute approximate surface area is 171 Å². The van der Waals surface area contributed by atoms with E-state index in [0.717, 1.165) is 24.3 Å². The van der Waals surface area contributed by atoms with Crippen LogP contribution in [0.5, 0.6) is 5.75 Å². The Hall–Kier alpha value is -2.41. The third-order valence-electron chi connectivity index (χ3n) is 4.92. The lowest BCUT2D eigenvalue weighted by Crippen LogP contribution is -2.51. The standard InChI is InChI=1S/C20H18Cl2N2O4/c21-15-8-13(25)2-1-11(15)7-12-10-24(6-5-23-12)16-3-4-17-14(19(16)22)9-18(28-17)20(26)27/h1-4,8-9,12,23,25H,5-7,10H2,(H,26,27). The second-order valence-corrected chi connectivity index (χ2v) is 7.59. The number of benzene rings is 2. The fraction of sp³-hybridized carbons (Fsp3) is 0.250. The van der Waals surface area contributed by atoms with Gasteiger partial charge in [0.2, 0.25) is 5.76 Å². The van der Waals surface area contributed by atoms with Crippen LogP contribution in [0, 0.1) is 0 Å². The second kappa shape index (κ2) is 7.54. The summed E-state index contributed by atoms with van der Waals surface area (Å²) in [6.45, 7) is 2.27. The Morgan fingerprint density at radius 2 is 2.07 bits per heavy atom. The topological polar surface area (TPSA) is 85.9 Å². The molecule has 0 aliphatic carbocycles. The predicted molar refractivity (Wildman–Crippen MR) is 109 cm³/mol. The monoisotopic (exact) mass is 420 g/mol. The Kier molecular flexibility index (Phi) is 5.10. The van der Waals surface area contributed by atoms with E-state index in [1.54, 1.807) is 18.2 Å². The summed E-state index contributed by atoms with van der Waals surface area (Å²) in [6.07, 6.45) is 0.713. The molecule has 1 atom stereocenters. The SMILES string of the molecule is O=C(O)c1cc2c(Cl)c(N3CCNC(Cc4ccc(O)cc4Cl)C3)ccc2o1. The van der Waals surface area contributed by atoms with Crippen molar-refractivity contribution in [3.05, 3.63) is 57.8 Å². The number of anilines is 1. The van der Waals surface area contributed by atoms with E-state index in [2.05, 4.69) is 10.2 Å². The highest BCUT2D eigenvalue weighted by atomic mass is 35.5. The number of aromatic hydroxyl groups is 1. The highest BCUT2D eigenvalue weighted by Gasteiger charge is 2.24. The number of hydrogen-bond acceptors (Lipinski definition) is 5. The van der Waals surface area contributed by atoms with Crippen molar-refractivity contribution < 1.29 is 19.4 Å². The van der Waals surface area contributed by atoms with Gasteiger partial charge in [-0.1, -0.05) is 29.3 Å².